The molecular weight excluding hydrogens is 212 g/mol. The molecule has 2 rings (SSSR count). The summed E-state index contributed by atoms with van der Waals surface area (Å²) in [6.07, 6.45) is 1.01. The van der Waals surface area contributed by atoms with Crippen LogP contribution >= 0.6 is 11.6 Å². The lowest BCUT2D eigenvalue weighted by Gasteiger charge is -2.02. The third kappa shape index (κ3) is 2.23. The van der Waals surface area contributed by atoms with Crippen LogP contribution in [0.2, 0.25) is 0 Å². The van der Waals surface area contributed by atoms with E-state index in [-0.39, 0.29) is 0 Å². The summed E-state index contributed by atoms with van der Waals surface area (Å²) in [5.41, 5.74) is 1.90. The average Bonchev–Trinajstić information content (AvgIpc) is 2.68. The highest BCUT2D eigenvalue weighted by atomic mass is 35.5. The van der Waals surface area contributed by atoms with Crippen molar-refractivity contribution in [3.8, 4) is 5.75 Å². The number of aromatic amines is 1. The molecule has 1 aromatic carbocycles. The first-order chi connectivity index (χ1) is 7.33. The van der Waals surface area contributed by atoms with Crippen LogP contribution in [0.4, 0.5) is 0 Å². The molecule has 0 saturated carbocycles. The zero-order valence-corrected chi connectivity index (χ0v) is 9.34. The molecule has 0 unspecified atom stereocenters. The highest BCUT2D eigenvalue weighted by Gasteiger charge is 2.02. The number of fused-ring (bicyclic) bond motifs is 1. The molecule has 1 N–H and O–H groups in total. The summed E-state index contributed by atoms with van der Waals surface area (Å²) in [6, 6.07) is 5.82. The van der Waals surface area contributed by atoms with Gasteiger partial charge in [-0.15, -0.1) is 11.6 Å². The standard InChI is InChI=1S/C11H13ClN2O/c1-2-5-15-8-3-4-9-10(6-8)14-11(7-12)13-9/h3-4,6H,2,5,7H2,1H3,(H,13,14). The zero-order chi connectivity index (χ0) is 10.7. The summed E-state index contributed by atoms with van der Waals surface area (Å²) in [5, 5.41) is 0. The van der Waals surface area contributed by atoms with E-state index in [4.69, 9.17) is 16.3 Å². The van der Waals surface area contributed by atoms with Crippen LogP contribution in [-0.4, -0.2) is 16.6 Å². The number of H-pyrrole nitrogens is 1. The van der Waals surface area contributed by atoms with Gasteiger partial charge in [-0.25, -0.2) is 4.98 Å². The predicted molar refractivity (Wildman–Crippen MR) is 61.4 cm³/mol. The Morgan fingerprint density at radius 1 is 1.47 bits per heavy atom. The third-order valence-electron chi connectivity index (χ3n) is 2.10. The number of hydrogen-bond donors (Lipinski definition) is 1. The Labute approximate surface area is 93.4 Å². The third-order valence-corrected chi connectivity index (χ3v) is 2.35. The fraction of sp³-hybridized carbons (Fsp3) is 0.364. The number of alkyl halides is 1. The highest BCUT2D eigenvalue weighted by Crippen LogP contribution is 2.19. The van der Waals surface area contributed by atoms with E-state index in [1.807, 2.05) is 18.2 Å². The van der Waals surface area contributed by atoms with Crippen LogP contribution in [0.25, 0.3) is 11.0 Å². The van der Waals surface area contributed by atoms with E-state index in [1.165, 1.54) is 0 Å². The first-order valence-electron chi connectivity index (χ1n) is 5.01. The van der Waals surface area contributed by atoms with Crippen molar-refractivity contribution in [2.75, 3.05) is 6.61 Å². The molecule has 3 nitrogen and oxygen atoms in total. The molecule has 0 saturated heterocycles. The van der Waals surface area contributed by atoms with E-state index in [0.717, 1.165) is 35.6 Å². The lowest BCUT2D eigenvalue weighted by molar-refractivity contribution is 0.318. The van der Waals surface area contributed by atoms with Crippen molar-refractivity contribution in [1.29, 1.82) is 0 Å². The summed E-state index contributed by atoms with van der Waals surface area (Å²) in [7, 11) is 0. The van der Waals surface area contributed by atoms with Gasteiger partial charge in [-0.3, -0.25) is 0 Å². The maximum absolute atomic E-state index is 5.70. The van der Waals surface area contributed by atoms with Crippen LogP contribution in [-0.2, 0) is 5.88 Å². The SMILES string of the molecule is CCCOc1ccc2nc(CCl)[nH]c2c1. The van der Waals surface area contributed by atoms with Gasteiger partial charge in [-0.1, -0.05) is 6.92 Å². The van der Waals surface area contributed by atoms with Crippen molar-refractivity contribution in [3.05, 3.63) is 24.0 Å². The second kappa shape index (κ2) is 4.53. The molecule has 0 atom stereocenters. The van der Waals surface area contributed by atoms with Crippen molar-refractivity contribution >= 4 is 22.6 Å². The molecule has 15 heavy (non-hydrogen) atoms. The number of halogens is 1. The molecule has 4 heteroatoms. The molecule has 0 bridgehead atoms. The minimum atomic E-state index is 0.403. The molecule has 0 amide bonds. The summed E-state index contributed by atoms with van der Waals surface area (Å²) >= 11 is 5.70. The van der Waals surface area contributed by atoms with E-state index in [2.05, 4.69) is 16.9 Å². The normalized spacial score (nSPS) is 10.8. The number of nitrogens with zero attached hydrogens (tertiary/aromatic N) is 1. The van der Waals surface area contributed by atoms with Gasteiger partial charge in [-0.2, -0.15) is 0 Å². The molecule has 80 valence electrons. The number of benzene rings is 1. The van der Waals surface area contributed by atoms with Gasteiger partial charge in [0.25, 0.3) is 0 Å². The van der Waals surface area contributed by atoms with Crippen LogP contribution in [0.1, 0.15) is 19.2 Å². The second-order valence-corrected chi connectivity index (χ2v) is 3.61. The van der Waals surface area contributed by atoms with Gasteiger partial charge in [0.15, 0.2) is 0 Å². The average molecular weight is 225 g/mol. The van der Waals surface area contributed by atoms with E-state index in [0.29, 0.717) is 5.88 Å². The van der Waals surface area contributed by atoms with Gasteiger partial charge in [-0.05, 0) is 18.6 Å². The smallest absolute Gasteiger partial charge is 0.122 e. The Balaban J connectivity index is 2.29. The van der Waals surface area contributed by atoms with Crippen LogP contribution in [0.15, 0.2) is 18.2 Å². The number of nitrogens with one attached hydrogen (secondary N) is 1. The highest BCUT2D eigenvalue weighted by molar-refractivity contribution is 6.16. The van der Waals surface area contributed by atoms with Crippen molar-refractivity contribution in [2.45, 2.75) is 19.2 Å². The molecule has 0 aliphatic rings. The molecule has 0 fully saturated rings. The molecule has 1 aromatic heterocycles. The maximum atomic E-state index is 5.70. The minimum Gasteiger partial charge on any atom is -0.494 e. The fourth-order valence-electron chi connectivity index (χ4n) is 1.41. The lowest BCUT2D eigenvalue weighted by atomic mass is 10.3. The maximum Gasteiger partial charge on any atom is 0.122 e. The molecule has 0 radical (unpaired) electrons. The van der Waals surface area contributed by atoms with Crippen molar-refractivity contribution in [2.24, 2.45) is 0 Å². The first-order valence-corrected chi connectivity index (χ1v) is 5.54. The van der Waals surface area contributed by atoms with E-state index in [1.54, 1.807) is 0 Å². The molecule has 0 aliphatic heterocycles. The summed E-state index contributed by atoms with van der Waals surface area (Å²) < 4.78 is 5.53. The number of ether oxygens (including phenoxy) is 1. The van der Waals surface area contributed by atoms with Gasteiger partial charge in [0.1, 0.15) is 11.6 Å². The largest absolute Gasteiger partial charge is 0.494 e. The molecular formula is C11H13ClN2O. The van der Waals surface area contributed by atoms with E-state index >= 15 is 0 Å². The Hall–Kier alpha value is -1.22. The minimum absolute atomic E-state index is 0.403. The Morgan fingerprint density at radius 3 is 3.07 bits per heavy atom. The number of hydrogen-bond acceptors (Lipinski definition) is 2. The Bertz CT molecular complexity index is 453. The second-order valence-electron chi connectivity index (χ2n) is 3.34. The van der Waals surface area contributed by atoms with E-state index in [9.17, 15) is 0 Å². The Morgan fingerprint density at radius 2 is 2.33 bits per heavy atom. The topological polar surface area (TPSA) is 37.9 Å². The van der Waals surface area contributed by atoms with Crippen LogP contribution in [0.5, 0.6) is 5.75 Å². The molecule has 2 aromatic rings. The molecule has 0 spiro atoms. The van der Waals surface area contributed by atoms with Crippen molar-refractivity contribution in [3.63, 3.8) is 0 Å². The summed E-state index contributed by atoms with van der Waals surface area (Å²) in [4.78, 5) is 7.45. The van der Waals surface area contributed by atoms with Gasteiger partial charge < -0.3 is 9.72 Å². The number of rotatable bonds is 4. The summed E-state index contributed by atoms with van der Waals surface area (Å²) in [5.74, 6) is 2.06. The van der Waals surface area contributed by atoms with Gasteiger partial charge >= 0.3 is 0 Å². The lowest BCUT2D eigenvalue weighted by Crippen LogP contribution is -1.94. The van der Waals surface area contributed by atoms with Crippen molar-refractivity contribution < 1.29 is 4.74 Å². The van der Waals surface area contributed by atoms with Crippen LogP contribution in [0.3, 0.4) is 0 Å². The Kier molecular flexibility index (Phi) is 3.11. The van der Waals surface area contributed by atoms with Crippen LogP contribution in [0, 0.1) is 0 Å². The predicted octanol–water partition coefficient (Wildman–Crippen LogP) is 3.09. The number of imidazole rings is 1. The van der Waals surface area contributed by atoms with Crippen LogP contribution < -0.4 is 4.74 Å². The summed E-state index contributed by atoms with van der Waals surface area (Å²) in [6.45, 7) is 2.82. The molecule has 0 aliphatic carbocycles. The van der Waals surface area contributed by atoms with Gasteiger partial charge in [0.05, 0.1) is 23.5 Å². The molecule has 1 heterocycles. The quantitative estimate of drug-likeness (QED) is 0.811. The van der Waals surface area contributed by atoms with Gasteiger partial charge in [0.2, 0.25) is 0 Å². The fourth-order valence-corrected chi connectivity index (χ4v) is 1.54. The van der Waals surface area contributed by atoms with Crippen molar-refractivity contribution in [1.82, 2.24) is 9.97 Å². The zero-order valence-electron chi connectivity index (χ0n) is 8.59. The number of aromatic nitrogens is 2. The first kappa shape index (κ1) is 10.3. The van der Waals surface area contributed by atoms with Gasteiger partial charge in [0, 0.05) is 6.07 Å². The van der Waals surface area contributed by atoms with E-state index < -0.39 is 0 Å². The monoisotopic (exact) mass is 224 g/mol.